The predicted molar refractivity (Wildman–Crippen MR) is 132 cm³/mol. The van der Waals surface area contributed by atoms with Gasteiger partial charge in [-0.05, 0) is 55.2 Å². The van der Waals surface area contributed by atoms with Gasteiger partial charge in [0.05, 0.1) is 26.2 Å². The lowest BCUT2D eigenvalue weighted by Gasteiger charge is -2.50. The van der Waals surface area contributed by atoms with Crippen molar-refractivity contribution < 1.29 is 14.3 Å². The van der Waals surface area contributed by atoms with E-state index in [2.05, 4.69) is 39.4 Å². The Balaban J connectivity index is 1.41. The van der Waals surface area contributed by atoms with Gasteiger partial charge in [-0.1, -0.05) is 25.3 Å². The van der Waals surface area contributed by atoms with Crippen LogP contribution >= 0.6 is 0 Å². The number of rotatable bonds is 5. The first-order chi connectivity index (χ1) is 16.2. The molecule has 5 rings (SSSR count). The first kappa shape index (κ1) is 21.9. The summed E-state index contributed by atoms with van der Waals surface area (Å²) in [5.74, 6) is 1.89. The molecule has 1 N–H and O–H groups in total. The second-order valence-corrected chi connectivity index (χ2v) is 9.55. The normalized spacial score (nSPS) is 22.8. The fraction of sp³-hybridized carbons (Fsp3) is 0.519. The summed E-state index contributed by atoms with van der Waals surface area (Å²) in [6.45, 7) is 2.62. The number of nitrogens with zero attached hydrogens (tertiary/aromatic N) is 2. The van der Waals surface area contributed by atoms with Gasteiger partial charge in [0.25, 0.3) is 0 Å². The summed E-state index contributed by atoms with van der Waals surface area (Å²) in [4.78, 5) is 18.4. The third-order valence-electron chi connectivity index (χ3n) is 7.65. The largest absolute Gasteiger partial charge is 0.497 e. The van der Waals surface area contributed by atoms with Crippen molar-refractivity contribution in [1.29, 1.82) is 0 Å². The Labute approximate surface area is 196 Å². The molecule has 2 aliphatic heterocycles. The van der Waals surface area contributed by atoms with Crippen molar-refractivity contribution >= 4 is 17.3 Å². The molecule has 2 fully saturated rings. The quantitative estimate of drug-likeness (QED) is 0.747. The van der Waals surface area contributed by atoms with Crippen LogP contribution in [0.15, 0.2) is 42.5 Å². The Kier molecular flexibility index (Phi) is 6.34. The first-order valence-corrected chi connectivity index (χ1v) is 12.3. The van der Waals surface area contributed by atoms with E-state index in [1.165, 1.54) is 36.2 Å². The van der Waals surface area contributed by atoms with Crippen LogP contribution < -0.4 is 24.6 Å². The highest BCUT2D eigenvalue weighted by molar-refractivity contribution is 5.83. The molecule has 0 radical (unpaired) electrons. The molecule has 33 heavy (non-hydrogen) atoms. The van der Waals surface area contributed by atoms with Crippen LogP contribution in [-0.4, -0.2) is 51.8 Å². The highest BCUT2D eigenvalue weighted by Gasteiger charge is 2.42. The van der Waals surface area contributed by atoms with Crippen molar-refractivity contribution in [3.8, 4) is 11.5 Å². The molecule has 2 atom stereocenters. The van der Waals surface area contributed by atoms with Crippen LogP contribution in [0.5, 0.6) is 11.5 Å². The molecule has 3 aliphatic rings. The van der Waals surface area contributed by atoms with Gasteiger partial charge in [0.15, 0.2) is 0 Å². The molecule has 2 heterocycles. The Hall–Kier alpha value is -2.89. The number of hydrogen-bond acceptors (Lipinski definition) is 5. The zero-order valence-corrected chi connectivity index (χ0v) is 19.8. The van der Waals surface area contributed by atoms with Gasteiger partial charge in [-0.15, -0.1) is 0 Å². The summed E-state index contributed by atoms with van der Waals surface area (Å²) >= 11 is 0. The Bertz CT molecular complexity index is 971. The van der Waals surface area contributed by atoms with Crippen LogP contribution in [0, 0.1) is 5.92 Å². The molecular formula is C27H35N3O3. The molecule has 0 aromatic heterocycles. The smallest absolute Gasteiger partial charge is 0.225 e. The van der Waals surface area contributed by atoms with Gasteiger partial charge in [-0.3, -0.25) is 4.79 Å². The third kappa shape index (κ3) is 4.48. The van der Waals surface area contributed by atoms with Crippen LogP contribution in [0.25, 0.3) is 0 Å². The minimum absolute atomic E-state index is 0.0612. The van der Waals surface area contributed by atoms with E-state index in [0.29, 0.717) is 6.04 Å². The van der Waals surface area contributed by atoms with E-state index in [-0.39, 0.29) is 17.9 Å². The number of carbonyl (C=O) groups is 1. The summed E-state index contributed by atoms with van der Waals surface area (Å²) in [6.07, 6.45) is 6.73. The van der Waals surface area contributed by atoms with Crippen molar-refractivity contribution in [1.82, 2.24) is 5.32 Å². The molecule has 1 aliphatic carbocycles. The number of ether oxygens (including phenoxy) is 2. The minimum Gasteiger partial charge on any atom is -0.497 e. The topological polar surface area (TPSA) is 54.0 Å². The number of carbonyl (C=O) groups excluding carboxylic acids is 1. The molecule has 1 saturated heterocycles. The number of amides is 1. The maximum absolute atomic E-state index is 13.6. The number of fused-ring (bicyclic) bond motifs is 3. The van der Waals surface area contributed by atoms with E-state index in [1.54, 1.807) is 14.2 Å². The Morgan fingerprint density at radius 1 is 0.939 bits per heavy atom. The lowest BCUT2D eigenvalue weighted by Crippen LogP contribution is -2.61. The predicted octanol–water partition coefficient (Wildman–Crippen LogP) is 4.02. The number of methoxy groups -OCH3 is 2. The van der Waals surface area contributed by atoms with Crippen molar-refractivity contribution in [3.63, 3.8) is 0 Å². The summed E-state index contributed by atoms with van der Waals surface area (Å²) in [5.41, 5.74) is 3.64. The third-order valence-corrected chi connectivity index (χ3v) is 7.65. The molecule has 0 spiro atoms. The molecule has 6 heteroatoms. The molecule has 1 saturated carbocycles. The maximum Gasteiger partial charge on any atom is 0.225 e. The van der Waals surface area contributed by atoms with Crippen LogP contribution in [0.2, 0.25) is 0 Å². The molecule has 6 nitrogen and oxygen atoms in total. The highest BCUT2D eigenvalue weighted by Crippen LogP contribution is 2.39. The first-order valence-electron chi connectivity index (χ1n) is 12.3. The summed E-state index contributed by atoms with van der Waals surface area (Å²) in [6, 6.07) is 15.0. The van der Waals surface area contributed by atoms with Crippen LogP contribution in [0.4, 0.5) is 11.4 Å². The average molecular weight is 450 g/mol. The second kappa shape index (κ2) is 9.54. The van der Waals surface area contributed by atoms with E-state index in [9.17, 15) is 4.79 Å². The van der Waals surface area contributed by atoms with Gasteiger partial charge >= 0.3 is 0 Å². The van der Waals surface area contributed by atoms with E-state index in [4.69, 9.17) is 9.47 Å². The van der Waals surface area contributed by atoms with Gasteiger partial charge in [-0.2, -0.15) is 0 Å². The van der Waals surface area contributed by atoms with Gasteiger partial charge in [0.2, 0.25) is 5.91 Å². The molecule has 176 valence electrons. The van der Waals surface area contributed by atoms with E-state index < -0.39 is 0 Å². The zero-order valence-electron chi connectivity index (χ0n) is 19.8. The summed E-state index contributed by atoms with van der Waals surface area (Å²) in [7, 11) is 3.40. The number of piperazine rings is 1. The van der Waals surface area contributed by atoms with Crippen molar-refractivity contribution in [3.05, 3.63) is 48.0 Å². The van der Waals surface area contributed by atoms with Crippen LogP contribution in [0.3, 0.4) is 0 Å². The number of anilines is 2. The SMILES string of the molecule is COc1ccc(N2CCN3c4cc(OC)ccc4CC(C(=O)NC4CCCCC4)C3C2)cc1. The Morgan fingerprint density at radius 3 is 2.39 bits per heavy atom. The highest BCUT2D eigenvalue weighted by atomic mass is 16.5. The summed E-state index contributed by atoms with van der Waals surface area (Å²) in [5, 5.41) is 3.42. The second-order valence-electron chi connectivity index (χ2n) is 9.55. The monoisotopic (exact) mass is 449 g/mol. The molecule has 0 bridgehead atoms. The standard InChI is InChI=1S/C27H35N3O3/c1-32-22-12-9-21(10-13-22)29-14-15-30-25-17-23(33-2)11-8-19(25)16-24(26(30)18-29)27(31)28-20-6-4-3-5-7-20/h8-13,17,20,24,26H,3-7,14-16,18H2,1-2H3,(H,28,31). The number of nitrogens with one attached hydrogen (secondary N) is 1. The molecule has 2 unspecified atom stereocenters. The number of benzene rings is 2. The molecule has 2 aromatic rings. The molecular weight excluding hydrogens is 414 g/mol. The fourth-order valence-corrected chi connectivity index (χ4v) is 5.79. The lowest BCUT2D eigenvalue weighted by molar-refractivity contribution is -0.126. The van der Waals surface area contributed by atoms with Crippen molar-refractivity contribution in [2.45, 2.75) is 50.6 Å². The van der Waals surface area contributed by atoms with E-state index in [0.717, 1.165) is 50.4 Å². The van der Waals surface area contributed by atoms with Gasteiger partial charge in [0, 0.05) is 43.1 Å². The van der Waals surface area contributed by atoms with Crippen molar-refractivity contribution in [2.75, 3.05) is 43.7 Å². The van der Waals surface area contributed by atoms with Gasteiger partial charge in [-0.25, -0.2) is 0 Å². The van der Waals surface area contributed by atoms with E-state index in [1.807, 2.05) is 18.2 Å². The number of hydrogen-bond donors (Lipinski definition) is 1. The Morgan fingerprint density at radius 2 is 1.67 bits per heavy atom. The zero-order chi connectivity index (χ0) is 22.8. The van der Waals surface area contributed by atoms with Crippen LogP contribution in [0.1, 0.15) is 37.7 Å². The molecule has 1 amide bonds. The van der Waals surface area contributed by atoms with Gasteiger partial charge < -0.3 is 24.6 Å². The lowest BCUT2D eigenvalue weighted by atomic mass is 9.82. The fourth-order valence-electron chi connectivity index (χ4n) is 5.79. The summed E-state index contributed by atoms with van der Waals surface area (Å²) < 4.78 is 10.9. The van der Waals surface area contributed by atoms with Gasteiger partial charge in [0.1, 0.15) is 11.5 Å². The maximum atomic E-state index is 13.6. The minimum atomic E-state index is -0.0612. The average Bonchev–Trinajstić information content (AvgIpc) is 2.88. The van der Waals surface area contributed by atoms with Crippen molar-refractivity contribution in [2.24, 2.45) is 5.92 Å². The molecule has 2 aromatic carbocycles. The van der Waals surface area contributed by atoms with E-state index >= 15 is 0 Å². The van der Waals surface area contributed by atoms with Crippen LogP contribution in [-0.2, 0) is 11.2 Å².